The molecule has 2 rings (SSSR count). The topological polar surface area (TPSA) is 32.3 Å². The Morgan fingerprint density at radius 3 is 2.25 bits per heavy atom. The smallest absolute Gasteiger partial charge is 0.143 e. The highest BCUT2D eigenvalue weighted by Crippen LogP contribution is 2.34. The average molecular weight is 484 g/mol. The molecule has 0 aromatic heterocycles. The summed E-state index contributed by atoms with van der Waals surface area (Å²) in [5.41, 5.74) is 2.99. The lowest BCUT2D eigenvalue weighted by Gasteiger charge is -2.12. The van der Waals surface area contributed by atoms with Crippen molar-refractivity contribution in [3.05, 3.63) is 53.8 Å². The number of rotatable bonds is 3. The molecule has 0 saturated heterocycles. The lowest BCUT2D eigenvalue weighted by molar-refractivity contribution is 0.468. The fourth-order valence-corrected chi connectivity index (χ4v) is 3.74. The number of phenols is 1. The Balaban J connectivity index is 2.19. The van der Waals surface area contributed by atoms with Crippen molar-refractivity contribution in [1.82, 2.24) is 0 Å². The molecule has 0 radical (unpaired) electrons. The molecule has 0 atom stereocenters. The number of hydrogen-bond donors (Lipinski definition) is 2. The molecule has 0 bridgehead atoms. The molecule has 0 aliphatic rings. The highest BCUT2D eigenvalue weighted by atomic mass is 79.9. The van der Waals surface area contributed by atoms with Crippen molar-refractivity contribution in [2.45, 2.75) is 13.5 Å². The largest absolute Gasteiger partial charge is 0.506 e. The number of benzene rings is 2. The molecule has 0 spiro atoms. The van der Waals surface area contributed by atoms with E-state index >= 15 is 0 Å². The van der Waals surface area contributed by atoms with Gasteiger partial charge in [0, 0.05) is 16.0 Å². The molecule has 2 nitrogen and oxygen atoms in total. The van der Waals surface area contributed by atoms with E-state index in [-0.39, 0.29) is 5.75 Å². The van der Waals surface area contributed by atoms with Gasteiger partial charge in [0.1, 0.15) is 5.75 Å². The molecular weight excluding hydrogens is 473 g/mol. The van der Waals surface area contributed by atoms with Crippen LogP contribution in [0.5, 0.6) is 5.75 Å². The molecule has 2 aromatic rings. The number of aromatic hydroxyl groups is 1. The third-order valence-electron chi connectivity index (χ3n) is 2.81. The normalized spacial score (nSPS) is 10.7. The lowest BCUT2D eigenvalue weighted by atomic mass is 10.2. The summed E-state index contributed by atoms with van der Waals surface area (Å²) in [4.78, 5) is 0. The molecule has 0 aliphatic heterocycles. The average Bonchev–Trinajstić information content (AvgIpc) is 2.38. The third-order valence-corrected chi connectivity index (χ3v) is 5.08. The third kappa shape index (κ3) is 3.70. The van der Waals surface area contributed by atoms with Crippen LogP contribution in [0, 0.1) is 6.92 Å². The van der Waals surface area contributed by atoms with Gasteiger partial charge >= 0.3 is 0 Å². The predicted octanol–water partition coefficient (Wildman–Crippen LogP) is 6.25. The van der Waals surface area contributed by atoms with E-state index in [2.05, 4.69) is 53.1 Å². The van der Waals surface area contributed by atoms with Gasteiger partial charge in [-0.2, -0.15) is 0 Å². The Morgan fingerprint density at radius 1 is 1.05 bits per heavy atom. The van der Waals surface area contributed by atoms with E-state index in [4.69, 9.17) is 11.6 Å². The van der Waals surface area contributed by atoms with Crippen molar-refractivity contribution in [1.29, 1.82) is 0 Å². The first-order valence-electron chi connectivity index (χ1n) is 5.75. The van der Waals surface area contributed by atoms with Crippen LogP contribution in [0.15, 0.2) is 37.7 Å². The Morgan fingerprint density at radius 2 is 1.65 bits per heavy atom. The van der Waals surface area contributed by atoms with Crippen LogP contribution < -0.4 is 5.32 Å². The second-order valence-corrected chi connectivity index (χ2v) is 7.31. The summed E-state index contributed by atoms with van der Waals surface area (Å²) >= 11 is 16.3. The highest BCUT2D eigenvalue weighted by molar-refractivity contribution is 9.11. The number of nitrogens with one attached hydrogen (secondary N) is 1. The van der Waals surface area contributed by atoms with Crippen LogP contribution in [0.1, 0.15) is 11.1 Å². The first kappa shape index (κ1) is 16.1. The van der Waals surface area contributed by atoms with Gasteiger partial charge in [0.05, 0.1) is 14.6 Å². The summed E-state index contributed by atoms with van der Waals surface area (Å²) in [6.07, 6.45) is 0. The summed E-state index contributed by atoms with van der Waals surface area (Å²) in [7, 11) is 0. The molecule has 0 saturated carbocycles. The maximum Gasteiger partial charge on any atom is 0.143 e. The minimum atomic E-state index is 0.202. The Kier molecular flexibility index (Phi) is 5.40. The monoisotopic (exact) mass is 481 g/mol. The molecule has 0 unspecified atom stereocenters. The zero-order valence-electron chi connectivity index (χ0n) is 10.5. The molecule has 0 fully saturated rings. The van der Waals surface area contributed by atoms with E-state index in [0.29, 0.717) is 15.5 Å². The van der Waals surface area contributed by atoms with Gasteiger partial charge in [-0.15, -0.1) is 0 Å². The van der Waals surface area contributed by atoms with Gasteiger partial charge in [-0.3, -0.25) is 0 Å². The summed E-state index contributed by atoms with van der Waals surface area (Å²) in [6, 6.07) is 7.62. The minimum absolute atomic E-state index is 0.202. The maximum atomic E-state index is 9.69. The van der Waals surface area contributed by atoms with E-state index in [1.807, 2.05) is 31.2 Å². The van der Waals surface area contributed by atoms with Gasteiger partial charge < -0.3 is 10.4 Å². The molecule has 0 heterocycles. The van der Waals surface area contributed by atoms with Crippen molar-refractivity contribution in [3.63, 3.8) is 0 Å². The zero-order chi connectivity index (χ0) is 14.9. The van der Waals surface area contributed by atoms with E-state index in [9.17, 15) is 5.11 Å². The molecular formula is C14H11Br3ClNO. The SMILES string of the molecule is Cc1cc(Br)c(NCc2cc(Br)c(O)c(Br)c2)cc1Cl. The molecule has 2 N–H and O–H groups in total. The molecule has 6 heteroatoms. The summed E-state index contributed by atoms with van der Waals surface area (Å²) in [5.74, 6) is 0.202. The van der Waals surface area contributed by atoms with Crippen LogP contribution in [-0.4, -0.2) is 5.11 Å². The van der Waals surface area contributed by atoms with Crippen LogP contribution in [0.3, 0.4) is 0 Å². The molecule has 106 valence electrons. The standard InChI is InChI=1S/C14H11Br3ClNO/c1-7-2-9(15)13(5-12(7)18)19-6-8-3-10(16)14(20)11(17)4-8/h2-5,19-20H,6H2,1H3. The number of phenolic OH excluding ortho intramolecular Hbond substituents is 1. The molecule has 20 heavy (non-hydrogen) atoms. The maximum absolute atomic E-state index is 9.69. The van der Waals surface area contributed by atoms with Gasteiger partial charge in [-0.05, 0) is 90.1 Å². The Hall–Kier alpha value is -0.230. The quantitative estimate of drug-likeness (QED) is 0.540. The second kappa shape index (κ2) is 6.69. The minimum Gasteiger partial charge on any atom is -0.506 e. The van der Waals surface area contributed by atoms with Gasteiger partial charge in [0.25, 0.3) is 0 Å². The highest BCUT2D eigenvalue weighted by Gasteiger charge is 2.08. The van der Waals surface area contributed by atoms with Crippen molar-refractivity contribution in [2.75, 3.05) is 5.32 Å². The van der Waals surface area contributed by atoms with Gasteiger partial charge in [-0.25, -0.2) is 0 Å². The van der Waals surface area contributed by atoms with Crippen LogP contribution in [-0.2, 0) is 6.54 Å². The Bertz CT molecular complexity index is 638. The fourth-order valence-electron chi connectivity index (χ4n) is 1.70. The molecule has 0 amide bonds. The summed E-state index contributed by atoms with van der Waals surface area (Å²) in [5, 5.41) is 13.7. The first-order chi connectivity index (χ1) is 9.38. The zero-order valence-corrected chi connectivity index (χ0v) is 16.0. The number of halogens is 4. The van der Waals surface area contributed by atoms with Crippen molar-refractivity contribution >= 4 is 65.1 Å². The first-order valence-corrected chi connectivity index (χ1v) is 8.50. The van der Waals surface area contributed by atoms with E-state index in [1.54, 1.807) is 0 Å². The van der Waals surface area contributed by atoms with Crippen molar-refractivity contribution in [3.8, 4) is 5.75 Å². The summed E-state index contributed by atoms with van der Waals surface area (Å²) in [6.45, 7) is 2.58. The predicted molar refractivity (Wildman–Crippen MR) is 94.7 cm³/mol. The van der Waals surface area contributed by atoms with E-state index in [1.165, 1.54) is 0 Å². The van der Waals surface area contributed by atoms with Gasteiger partial charge in [0.15, 0.2) is 0 Å². The van der Waals surface area contributed by atoms with Crippen molar-refractivity contribution < 1.29 is 5.11 Å². The Labute approximate surface area is 147 Å². The lowest BCUT2D eigenvalue weighted by Crippen LogP contribution is -2.00. The van der Waals surface area contributed by atoms with Gasteiger partial charge in [0.2, 0.25) is 0 Å². The van der Waals surface area contributed by atoms with Crippen LogP contribution in [0.25, 0.3) is 0 Å². The van der Waals surface area contributed by atoms with E-state index < -0.39 is 0 Å². The van der Waals surface area contributed by atoms with Crippen LogP contribution in [0.4, 0.5) is 5.69 Å². The molecule has 0 aliphatic carbocycles. The second-order valence-electron chi connectivity index (χ2n) is 4.34. The number of aryl methyl sites for hydroxylation is 1. The van der Waals surface area contributed by atoms with E-state index in [0.717, 1.165) is 26.3 Å². The van der Waals surface area contributed by atoms with Crippen LogP contribution >= 0.6 is 59.4 Å². The fraction of sp³-hybridized carbons (Fsp3) is 0.143. The number of anilines is 1. The van der Waals surface area contributed by atoms with Gasteiger partial charge in [-0.1, -0.05) is 11.6 Å². The number of hydrogen-bond acceptors (Lipinski definition) is 2. The van der Waals surface area contributed by atoms with Crippen LogP contribution in [0.2, 0.25) is 5.02 Å². The van der Waals surface area contributed by atoms with Crippen molar-refractivity contribution in [2.24, 2.45) is 0 Å². The summed E-state index contributed by atoms with van der Waals surface area (Å²) < 4.78 is 2.28. The molecule has 2 aromatic carbocycles.